The van der Waals surface area contributed by atoms with Gasteiger partial charge in [0.1, 0.15) is 6.61 Å². The van der Waals surface area contributed by atoms with Gasteiger partial charge in [0, 0.05) is 6.04 Å². The molecule has 1 aliphatic rings. The van der Waals surface area contributed by atoms with Crippen molar-refractivity contribution in [3.8, 4) is 11.5 Å². The molecule has 88 valence electrons. The van der Waals surface area contributed by atoms with Crippen molar-refractivity contribution in [2.75, 3.05) is 20.8 Å². The molecule has 1 atom stereocenters. The highest BCUT2D eigenvalue weighted by molar-refractivity contribution is 5.39. The minimum absolute atomic E-state index is 0.463. The maximum atomic E-state index is 5.79. The first-order valence-corrected chi connectivity index (χ1v) is 5.78. The molecule has 1 saturated carbocycles. The van der Waals surface area contributed by atoms with Gasteiger partial charge < -0.3 is 14.8 Å². The molecule has 0 spiro atoms. The van der Waals surface area contributed by atoms with Crippen LogP contribution in [0.5, 0.6) is 11.5 Å². The van der Waals surface area contributed by atoms with Gasteiger partial charge in [-0.2, -0.15) is 0 Å². The van der Waals surface area contributed by atoms with Crippen LogP contribution in [-0.4, -0.2) is 26.8 Å². The number of rotatable bonds is 6. The van der Waals surface area contributed by atoms with Crippen LogP contribution < -0.4 is 14.8 Å². The number of para-hydroxylation sites is 2. The highest BCUT2D eigenvalue weighted by Crippen LogP contribution is 2.33. The van der Waals surface area contributed by atoms with Gasteiger partial charge in [0.05, 0.1) is 7.11 Å². The molecular weight excluding hydrogens is 202 g/mol. The molecule has 1 aromatic rings. The lowest BCUT2D eigenvalue weighted by molar-refractivity contribution is 0.245. The van der Waals surface area contributed by atoms with Gasteiger partial charge in [-0.3, -0.25) is 0 Å². The number of benzene rings is 1. The number of nitrogens with one attached hydrogen (secondary N) is 1. The highest BCUT2D eigenvalue weighted by Gasteiger charge is 2.30. The number of hydrogen-bond acceptors (Lipinski definition) is 3. The fraction of sp³-hybridized carbons (Fsp3) is 0.538. The van der Waals surface area contributed by atoms with Crippen molar-refractivity contribution < 1.29 is 9.47 Å². The van der Waals surface area contributed by atoms with E-state index in [1.165, 1.54) is 12.8 Å². The van der Waals surface area contributed by atoms with Crippen molar-refractivity contribution in [3.05, 3.63) is 24.3 Å². The summed E-state index contributed by atoms with van der Waals surface area (Å²) in [5, 5.41) is 3.31. The van der Waals surface area contributed by atoms with Gasteiger partial charge in [0.2, 0.25) is 0 Å². The predicted octanol–water partition coefficient (Wildman–Crippen LogP) is 2.07. The van der Waals surface area contributed by atoms with E-state index in [1.807, 2.05) is 31.3 Å². The number of hydrogen-bond donors (Lipinski definition) is 1. The highest BCUT2D eigenvalue weighted by atomic mass is 16.5. The van der Waals surface area contributed by atoms with Crippen LogP contribution in [0.4, 0.5) is 0 Å². The molecule has 2 rings (SSSR count). The van der Waals surface area contributed by atoms with Crippen LogP contribution in [0, 0.1) is 5.92 Å². The molecule has 0 aromatic heterocycles. The van der Waals surface area contributed by atoms with Gasteiger partial charge in [-0.25, -0.2) is 0 Å². The Labute approximate surface area is 96.8 Å². The summed E-state index contributed by atoms with van der Waals surface area (Å²) in [7, 11) is 3.66. The molecule has 1 N–H and O–H groups in total. The third kappa shape index (κ3) is 2.67. The fourth-order valence-corrected chi connectivity index (χ4v) is 1.87. The van der Waals surface area contributed by atoms with Crippen molar-refractivity contribution in [2.24, 2.45) is 5.92 Å². The van der Waals surface area contributed by atoms with Crippen molar-refractivity contribution in [1.82, 2.24) is 5.32 Å². The standard InChI is InChI=1S/C13H19NO2/c1-14-11(10-7-8-10)9-16-13-6-4-3-5-12(13)15-2/h3-6,10-11,14H,7-9H2,1-2H3. The molecule has 0 amide bonds. The van der Waals surface area contributed by atoms with Gasteiger partial charge in [0.15, 0.2) is 11.5 Å². The summed E-state index contributed by atoms with van der Waals surface area (Å²) >= 11 is 0. The molecule has 0 aliphatic heterocycles. The van der Waals surface area contributed by atoms with E-state index in [9.17, 15) is 0 Å². The lowest BCUT2D eigenvalue weighted by Crippen LogP contribution is -2.33. The van der Waals surface area contributed by atoms with E-state index >= 15 is 0 Å². The van der Waals surface area contributed by atoms with E-state index in [0.717, 1.165) is 17.4 Å². The first kappa shape index (κ1) is 11.3. The summed E-state index contributed by atoms with van der Waals surface area (Å²) in [4.78, 5) is 0. The molecule has 1 aromatic carbocycles. The second-order valence-electron chi connectivity index (χ2n) is 4.19. The van der Waals surface area contributed by atoms with E-state index in [-0.39, 0.29) is 0 Å². The lowest BCUT2D eigenvalue weighted by Gasteiger charge is -2.17. The topological polar surface area (TPSA) is 30.5 Å². The zero-order valence-corrected chi connectivity index (χ0v) is 9.90. The Morgan fingerprint density at radius 2 is 2.00 bits per heavy atom. The first-order valence-electron chi connectivity index (χ1n) is 5.78. The Balaban J connectivity index is 1.92. The van der Waals surface area contributed by atoms with E-state index < -0.39 is 0 Å². The molecule has 3 nitrogen and oxygen atoms in total. The average molecular weight is 221 g/mol. The minimum atomic E-state index is 0.463. The van der Waals surface area contributed by atoms with Crippen LogP contribution in [0.15, 0.2) is 24.3 Å². The van der Waals surface area contributed by atoms with Gasteiger partial charge in [0.25, 0.3) is 0 Å². The quantitative estimate of drug-likeness (QED) is 0.797. The predicted molar refractivity (Wildman–Crippen MR) is 64.1 cm³/mol. The normalized spacial score (nSPS) is 16.9. The molecule has 1 fully saturated rings. The van der Waals surface area contributed by atoms with Crippen LogP contribution in [0.3, 0.4) is 0 Å². The van der Waals surface area contributed by atoms with E-state index in [1.54, 1.807) is 7.11 Å². The third-order valence-electron chi connectivity index (χ3n) is 3.05. The van der Waals surface area contributed by atoms with Crippen LogP contribution in [0.25, 0.3) is 0 Å². The number of methoxy groups -OCH3 is 1. The Hall–Kier alpha value is -1.22. The molecule has 16 heavy (non-hydrogen) atoms. The lowest BCUT2D eigenvalue weighted by atomic mass is 10.2. The SMILES string of the molecule is CNC(COc1ccccc1OC)C1CC1. The molecular formula is C13H19NO2. The number of ether oxygens (including phenoxy) is 2. The zero-order chi connectivity index (χ0) is 11.4. The molecule has 1 aliphatic carbocycles. The second kappa shape index (κ2) is 5.21. The summed E-state index contributed by atoms with van der Waals surface area (Å²) in [6.45, 7) is 0.710. The maximum Gasteiger partial charge on any atom is 0.161 e. The monoisotopic (exact) mass is 221 g/mol. The first-order chi connectivity index (χ1) is 7.85. The van der Waals surface area contributed by atoms with Crippen LogP contribution in [0.2, 0.25) is 0 Å². The fourth-order valence-electron chi connectivity index (χ4n) is 1.87. The maximum absolute atomic E-state index is 5.79. The molecule has 1 unspecified atom stereocenters. The smallest absolute Gasteiger partial charge is 0.161 e. The molecule has 0 saturated heterocycles. The van der Waals surface area contributed by atoms with Gasteiger partial charge in [-0.15, -0.1) is 0 Å². The summed E-state index contributed by atoms with van der Waals surface area (Å²) in [6.07, 6.45) is 2.64. The molecule has 3 heteroatoms. The van der Waals surface area contributed by atoms with Crippen molar-refractivity contribution in [3.63, 3.8) is 0 Å². The summed E-state index contributed by atoms with van der Waals surface area (Å²) in [5.41, 5.74) is 0. The van der Waals surface area contributed by atoms with Crippen molar-refractivity contribution >= 4 is 0 Å². The Morgan fingerprint density at radius 1 is 1.31 bits per heavy atom. The molecule has 0 radical (unpaired) electrons. The minimum Gasteiger partial charge on any atom is -0.493 e. The summed E-state index contributed by atoms with van der Waals surface area (Å²) in [5.74, 6) is 2.42. The van der Waals surface area contributed by atoms with E-state index in [2.05, 4.69) is 5.32 Å². The Bertz CT molecular complexity index is 336. The van der Waals surface area contributed by atoms with Crippen molar-refractivity contribution in [1.29, 1.82) is 0 Å². The Kier molecular flexibility index (Phi) is 3.67. The largest absolute Gasteiger partial charge is 0.493 e. The zero-order valence-electron chi connectivity index (χ0n) is 9.90. The number of likely N-dealkylation sites (N-methyl/N-ethyl adjacent to an activating group) is 1. The molecule has 0 heterocycles. The average Bonchev–Trinajstić information content (AvgIpc) is 3.15. The second-order valence-corrected chi connectivity index (χ2v) is 4.19. The van der Waals surface area contributed by atoms with Gasteiger partial charge >= 0.3 is 0 Å². The molecule has 0 bridgehead atoms. The van der Waals surface area contributed by atoms with Crippen LogP contribution >= 0.6 is 0 Å². The van der Waals surface area contributed by atoms with Crippen LogP contribution in [-0.2, 0) is 0 Å². The van der Waals surface area contributed by atoms with E-state index in [0.29, 0.717) is 12.6 Å². The van der Waals surface area contributed by atoms with E-state index in [4.69, 9.17) is 9.47 Å². The summed E-state index contributed by atoms with van der Waals surface area (Å²) in [6, 6.07) is 8.23. The van der Waals surface area contributed by atoms with Gasteiger partial charge in [-0.1, -0.05) is 12.1 Å². The third-order valence-corrected chi connectivity index (χ3v) is 3.05. The van der Waals surface area contributed by atoms with Crippen molar-refractivity contribution in [2.45, 2.75) is 18.9 Å². The van der Waals surface area contributed by atoms with Gasteiger partial charge in [-0.05, 0) is 37.9 Å². The summed E-state index contributed by atoms with van der Waals surface area (Å²) < 4.78 is 11.0. The van der Waals surface area contributed by atoms with Crippen LogP contribution in [0.1, 0.15) is 12.8 Å². The Morgan fingerprint density at radius 3 is 2.56 bits per heavy atom.